The molecule has 192 valence electrons. The van der Waals surface area contributed by atoms with Gasteiger partial charge in [0.1, 0.15) is 5.75 Å². The lowest BCUT2D eigenvalue weighted by Crippen LogP contribution is -2.49. The molecule has 0 radical (unpaired) electrons. The Morgan fingerprint density at radius 3 is 2.33 bits per heavy atom. The third kappa shape index (κ3) is 6.42. The highest BCUT2D eigenvalue weighted by molar-refractivity contribution is 6.30. The lowest BCUT2D eigenvalue weighted by molar-refractivity contribution is 0.0121. The molecule has 3 aromatic rings. The Kier molecular flexibility index (Phi) is 8.95. The molecule has 36 heavy (non-hydrogen) atoms. The first kappa shape index (κ1) is 26.5. The number of piperazine rings is 1. The van der Waals surface area contributed by atoms with Gasteiger partial charge in [-0.2, -0.15) is 0 Å². The molecule has 1 N–H and O–H groups in total. The van der Waals surface area contributed by atoms with Crippen molar-refractivity contribution in [2.75, 3.05) is 44.2 Å². The quantitative estimate of drug-likeness (QED) is 0.313. The van der Waals surface area contributed by atoms with E-state index >= 15 is 0 Å². The van der Waals surface area contributed by atoms with E-state index in [4.69, 9.17) is 16.3 Å². The minimum absolute atomic E-state index is 0.0648. The molecule has 0 spiro atoms. The predicted octanol–water partition coefficient (Wildman–Crippen LogP) is 6.64. The second-order valence-electron chi connectivity index (χ2n) is 10.1. The van der Waals surface area contributed by atoms with Crippen LogP contribution in [0.2, 0.25) is 5.02 Å². The summed E-state index contributed by atoms with van der Waals surface area (Å²) >= 11 is 6.28. The Morgan fingerprint density at radius 2 is 1.67 bits per heavy atom. The number of rotatable bonds is 10. The third-order valence-corrected chi connectivity index (χ3v) is 7.65. The van der Waals surface area contributed by atoms with Crippen LogP contribution in [0, 0.1) is 6.92 Å². The van der Waals surface area contributed by atoms with Crippen molar-refractivity contribution in [1.29, 1.82) is 0 Å². The molecule has 3 aromatic carbocycles. The van der Waals surface area contributed by atoms with Crippen LogP contribution in [0.1, 0.15) is 49.3 Å². The van der Waals surface area contributed by atoms with Crippen molar-refractivity contribution in [3.8, 4) is 5.75 Å². The number of halogens is 1. The van der Waals surface area contributed by atoms with Gasteiger partial charge in [-0.05, 0) is 61.2 Å². The van der Waals surface area contributed by atoms with Crippen molar-refractivity contribution in [2.24, 2.45) is 0 Å². The van der Waals surface area contributed by atoms with Gasteiger partial charge in [0.15, 0.2) is 0 Å². The van der Waals surface area contributed by atoms with Crippen molar-refractivity contribution < 1.29 is 9.84 Å². The molecule has 2 atom stereocenters. The van der Waals surface area contributed by atoms with Gasteiger partial charge in [0.25, 0.3) is 0 Å². The van der Waals surface area contributed by atoms with Crippen LogP contribution in [0.15, 0.2) is 72.8 Å². The van der Waals surface area contributed by atoms with E-state index in [1.165, 1.54) is 11.3 Å². The first-order chi connectivity index (χ1) is 17.4. The summed E-state index contributed by atoms with van der Waals surface area (Å²) in [5, 5.41) is 12.7. The average Bonchev–Trinajstić information content (AvgIpc) is 2.90. The highest BCUT2D eigenvalue weighted by Gasteiger charge is 2.36. The van der Waals surface area contributed by atoms with Crippen molar-refractivity contribution in [3.63, 3.8) is 0 Å². The summed E-state index contributed by atoms with van der Waals surface area (Å²) in [7, 11) is 0. The van der Waals surface area contributed by atoms with Crippen LogP contribution < -0.4 is 9.64 Å². The molecule has 1 aliphatic heterocycles. The maximum Gasteiger partial charge on any atom is 0.119 e. The summed E-state index contributed by atoms with van der Waals surface area (Å²) in [4.78, 5) is 4.90. The van der Waals surface area contributed by atoms with E-state index < -0.39 is 5.60 Å². The highest BCUT2D eigenvalue weighted by atomic mass is 35.5. The molecule has 0 bridgehead atoms. The lowest BCUT2D eigenvalue weighted by Gasteiger charge is -2.41. The summed E-state index contributed by atoms with van der Waals surface area (Å²) in [5.74, 6) is 0.789. The van der Waals surface area contributed by atoms with Gasteiger partial charge in [0, 0.05) is 49.4 Å². The molecule has 0 unspecified atom stereocenters. The van der Waals surface area contributed by atoms with Crippen LogP contribution in [0.25, 0.3) is 0 Å². The van der Waals surface area contributed by atoms with E-state index in [1.54, 1.807) is 0 Å². The van der Waals surface area contributed by atoms with Gasteiger partial charge in [-0.3, -0.25) is 4.90 Å². The summed E-state index contributed by atoms with van der Waals surface area (Å²) in [6.07, 6.45) is 2.15. The fourth-order valence-electron chi connectivity index (χ4n) is 5.07. The van der Waals surface area contributed by atoms with Crippen LogP contribution >= 0.6 is 11.6 Å². The van der Waals surface area contributed by atoms with E-state index in [0.29, 0.717) is 0 Å². The lowest BCUT2D eigenvalue weighted by atomic mass is 9.78. The maximum absolute atomic E-state index is 11.9. The van der Waals surface area contributed by atoms with Crippen molar-refractivity contribution in [2.45, 2.75) is 45.1 Å². The number of ether oxygens (including phenoxy) is 1. The maximum atomic E-state index is 11.9. The van der Waals surface area contributed by atoms with Crippen LogP contribution in [-0.2, 0) is 5.60 Å². The van der Waals surface area contributed by atoms with Crippen LogP contribution in [0.3, 0.4) is 0 Å². The molecule has 4 rings (SSSR count). The Labute approximate surface area is 221 Å². The summed E-state index contributed by atoms with van der Waals surface area (Å²) in [6.45, 7) is 11.5. The van der Waals surface area contributed by atoms with Gasteiger partial charge in [-0.15, -0.1) is 0 Å². The van der Waals surface area contributed by atoms with E-state index in [2.05, 4.69) is 60.0 Å². The Hall–Kier alpha value is -2.53. The highest BCUT2D eigenvalue weighted by Crippen LogP contribution is 2.38. The Balaban J connectivity index is 1.49. The Morgan fingerprint density at radius 1 is 0.972 bits per heavy atom. The van der Waals surface area contributed by atoms with Gasteiger partial charge in [0.2, 0.25) is 0 Å². The number of anilines is 1. The smallest absolute Gasteiger partial charge is 0.119 e. The fourth-order valence-corrected chi connectivity index (χ4v) is 5.24. The second-order valence-corrected chi connectivity index (χ2v) is 10.5. The molecule has 0 saturated carbocycles. The van der Waals surface area contributed by atoms with Crippen molar-refractivity contribution in [3.05, 3.63) is 94.5 Å². The molecule has 1 fully saturated rings. The largest absolute Gasteiger partial charge is 0.494 e. The minimum Gasteiger partial charge on any atom is -0.494 e. The molecule has 5 heteroatoms. The minimum atomic E-state index is -1.02. The fraction of sp³-hybridized carbons (Fsp3) is 0.419. The van der Waals surface area contributed by atoms with E-state index in [0.717, 1.165) is 74.1 Å². The Bertz CT molecular complexity index is 1090. The van der Waals surface area contributed by atoms with E-state index in [9.17, 15) is 5.11 Å². The van der Waals surface area contributed by atoms with Gasteiger partial charge in [-0.1, -0.05) is 73.5 Å². The van der Waals surface area contributed by atoms with Gasteiger partial charge in [0.05, 0.1) is 12.2 Å². The first-order valence-electron chi connectivity index (χ1n) is 13.1. The number of aliphatic hydroxyl groups is 1. The third-order valence-electron chi connectivity index (χ3n) is 7.41. The normalized spacial score (nSPS) is 17.0. The molecular formula is C31H39ClN2O2. The van der Waals surface area contributed by atoms with Crippen molar-refractivity contribution in [1.82, 2.24) is 4.90 Å². The van der Waals surface area contributed by atoms with E-state index in [1.807, 2.05) is 43.3 Å². The molecule has 4 nitrogen and oxygen atoms in total. The number of nitrogens with zero attached hydrogens (tertiary/aromatic N) is 2. The monoisotopic (exact) mass is 506 g/mol. The van der Waals surface area contributed by atoms with Crippen LogP contribution in [0.5, 0.6) is 5.75 Å². The molecule has 0 aromatic heterocycles. The molecule has 0 aliphatic carbocycles. The molecular weight excluding hydrogens is 468 g/mol. The zero-order valence-electron chi connectivity index (χ0n) is 21.8. The number of hydrogen-bond donors (Lipinski definition) is 1. The summed E-state index contributed by atoms with van der Waals surface area (Å²) < 4.78 is 5.84. The zero-order chi connectivity index (χ0) is 25.5. The standard InChI is InChI=1S/C31H39ClN2O2/c1-4-5-21-36-28-15-12-26(13-16-28)31(3,35)29(25-9-7-6-8-10-25)23-33-17-19-34(20-18-33)30-22-27(32)14-11-24(30)2/h6-16,22,29,35H,4-5,17-21,23H2,1-3H3/t29-,31+/m0/s1. The number of benzene rings is 3. The summed E-state index contributed by atoms with van der Waals surface area (Å²) in [5.41, 5.74) is 3.51. The molecule has 1 saturated heterocycles. The van der Waals surface area contributed by atoms with Gasteiger partial charge in [-0.25, -0.2) is 0 Å². The average molecular weight is 507 g/mol. The zero-order valence-corrected chi connectivity index (χ0v) is 22.5. The first-order valence-corrected chi connectivity index (χ1v) is 13.5. The van der Waals surface area contributed by atoms with Crippen LogP contribution in [0.4, 0.5) is 5.69 Å². The van der Waals surface area contributed by atoms with Crippen LogP contribution in [-0.4, -0.2) is 49.3 Å². The topological polar surface area (TPSA) is 35.9 Å². The van der Waals surface area contributed by atoms with E-state index in [-0.39, 0.29) is 5.92 Å². The molecule has 1 aliphatic rings. The van der Waals surface area contributed by atoms with Gasteiger partial charge >= 0.3 is 0 Å². The summed E-state index contributed by atoms with van der Waals surface area (Å²) in [6, 6.07) is 24.5. The SMILES string of the molecule is CCCCOc1ccc([C@@](C)(O)[C@@H](CN2CCN(c3cc(Cl)ccc3C)CC2)c2ccccc2)cc1. The number of unbranched alkanes of at least 4 members (excludes halogenated alkanes) is 1. The molecule has 1 heterocycles. The van der Waals surface area contributed by atoms with Crippen molar-refractivity contribution >= 4 is 17.3 Å². The number of hydrogen-bond acceptors (Lipinski definition) is 4. The molecule has 0 amide bonds. The number of aryl methyl sites for hydroxylation is 1. The second kappa shape index (κ2) is 12.1. The predicted molar refractivity (Wildman–Crippen MR) is 150 cm³/mol. The van der Waals surface area contributed by atoms with Gasteiger partial charge < -0.3 is 14.7 Å².